The van der Waals surface area contributed by atoms with Crippen LogP contribution in [0.5, 0.6) is 5.88 Å². The molecule has 0 fully saturated rings. The maximum Gasteiger partial charge on any atom is 0.433 e. The number of unbranched alkanes of at least 4 members (excludes halogenated alkanes) is 3. The zero-order chi connectivity index (χ0) is 14.3. The van der Waals surface area contributed by atoms with E-state index in [-0.39, 0.29) is 18.1 Å². The molecule has 0 radical (unpaired) electrons. The van der Waals surface area contributed by atoms with Gasteiger partial charge >= 0.3 is 6.18 Å². The minimum atomic E-state index is -4.53. The van der Waals surface area contributed by atoms with E-state index in [1.807, 2.05) is 0 Å². The molecule has 0 aromatic carbocycles. The van der Waals surface area contributed by atoms with Crippen LogP contribution in [0.3, 0.4) is 0 Å². The molecule has 104 valence electrons. The lowest BCUT2D eigenvalue weighted by Crippen LogP contribution is -2.10. The highest BCUT2D eigenvalue weighted by Crippen LogP contribution is 2.30. The van der Waals surface area contributed by atoms with Gasteiger partial charge in [-0.15, -0.1) is 0 Å². The summed E-state index contributed by atoms with van der Waals surface area (Å²) in [5.74, 6) is -0.242. The first-order valence-electron chi connectivity index (χ1n) is 6.10. The molecule has 0 unspecified atom stereocenters. The summed E-state index contributed by atoms with van der Waals surface area (Å²) < 4.78 is 42.7. The van der Waals surface area contributed by atoms with Crippen molar-refractivity contribution in [1.29, 1.82) is 5.26 Å². The lowest BCUT2D eigenvalue weighted by atomic mass is 10.2. The number of alkyl halides is 3. The van der Waals surface area contributed by atoms with Crippen LogP contribution >= 0.6 is 0 Å². The van der Waals surface area contributed by atoms with Crippen molar-refractivity contribution in [2.24, 2.45) is 0 Å². The second-order valence-electron chi connectivity index (χ2n) is 4.07. The lowest BCUT2D eigenvalue weighted by Gasteiger charge is -2.10. The Morgan fingerprint density at radius 1 is 1.26 bits per heavy atom. The van der Waals surface area contributed by atoms with Crippen molar-refractivity contribution in [3.63, 3.8) is 0 Å². The van der Waals surface area contributed by atoms with Crippen LogP contribution in [0.25, 0.3) is 0 Å². The summed E-state index contributed by atoms with van der Waals surface area (Å²) in [7, 11) is 0. The summed E-state index contributed by atoms with van der Waals surface area (Å²) >= 11 is 0. The second-order valence-corrected chi connectivity index (χ2v) is 4.07. The van der Waals surface area contributed by atoms with Crippen LogP contribution < -0.4 is 4.74 Å². The second kappa shape index (κ2) is 6.98. The van der Waals surface area contributed by atoms with Crippen molar-refractivity contribution >= 4 is 0 Å². The fraction of sp³-hybridized carbons (Fsp3) is 0.538. The predicted molar refractivity (Wildman–Crippen MR) is 63.6 cm³/mol. The Morgan fingerprint density at radius 2 is 2.00 bits per heavy atom. The molecule has 0 bridgehead atoms. The van der Waals surface area contributed by atoms with Gasteiger partial charge in [0.2, 0.25) is 5.88 Å². The molecule has 0 saturated heterocycles. The third-order valence-electron chi connectivity index (χ3n) is 2.51. The fourth-order valence-corrected chi connectivity index (χ4v) is 1.49. The Hall–Kier alpha value is -1.77. The van der Waals surface area contributed by atoms with Gasteiger partial charge < -0.3 is 4.74 Å². The number of rotatable bonds is 6. The lowest BCUT2D eigenvalue weighted by molar-refractivity contribution is -0.141. The highest BCUT2D eigenvalue weighted by molar-refractivity contribution is 5.39. The minimum absolute atomic E-state index is 0.0171. The van der Waals surface area contributed by atoms with Crippen molar-refractivity contribution in [2.45, 2.75) is 38.8 Å². The van der Waals surface area contributed by atoms with Gasteiger partial charge in [-0.2, -0.15) is 18.4 Å². The van der Waals surface area contributed by atoms with Crippen molar-refractivity contribution in [3.05, 3.63) is 23.4 Å². The average molecular weight is 272 g/mol. The summed E-state index contributed by atoms with van der Waals surface area (Å²) in [5, 5.41) is 8.80. The van der Waals surface area contributed by atoms with Gasteiger partial charge in [-0.05, 0) is 18.6 Å². The molecule has 19 heavy (non-hydrogen) atoms. The van der Waals surface area contributed by atoms with E-state index in [9.17, 15) is 13.2 Å². The van der Waals surface area contributed by atoms with Crippen LogP contribution in [0.1, 0.15) is 43.9 Å². The molecular weight excluding hydrogens is 257 g/mol. The molecular formula is C13H15F3N2O. The van der Waals surface area contributed by atoms with Crippen LogP contribution in [0.15, 0.2) is 12.1 Å². The summed E-state index contributed by atoms with van der Waals surface area (Å²) in [6, 6.07) is 3.63. The Balaban J connectivity index is 2.72. The first-order valence-corrected chi connectivity index (χ1v) is 6.10. The third-order valence-corrected chi connectivity index (χ3v) is 2.51. The van der Waals surface area contributed by atoms with E-state index in [4.69, 9.17) is 10.00 Å². The Bertz CT molecular complexity index is 452. The van der Waals surface area contributed by atoms with E-state index in [0.717, 1.165) is 37.8 Å². The Labute approximate surface area is 110 Å². The quantitative estimate of drug-likeness (QED) is 0.737. The number of hydrogen-bond acceptors (Lipinski definition) is 3. The topological polar surface area (TPSA) is 45.9 Å². The number of halogens is 3. The van der Waals surface area contributed by atoms with Gasteiger partial charge in [0.25, 0.3) is 0 Å². The molecule has 0 N–H and O–H groups in total. The first-order chi connectivity index (χ1) is 8.99. The van der Waals surface area contributed by atoms with Gasteiger partial charge in [0, 0.05) is 0 Å². The van der Waals surface area contributed by atoms with Crippen molar-refractivity contribution in [3.8, 4) is 11.9 Å². The van der Waals surface area contributed by atoms with E-state index < -0.39 is 11.9 Å². The van der Waals surface area contributed by atoms with Gasteiger partial charge in [0.05, 0.1) is 6.61 Å². The Morgan fingerprint density at radius 3 is 2.58 bits per heavy atom. The average Bonchev–Trinajstić information content (AvgIpc) is 2.37. The number of nitriles is 1. The maximum absolute atomic E-state index is 12.5. The number of hydrogen-bond donors (Lipinski definition) is 0. The van der Waals surface area contributed by atoms with Gasteiger partial charge in [-0.3, -0.25) is 0 Å². The molecule has 0 atom stereocenters. The zero-order valence-electron chi connectivity index (χ0n) is 10.6. The van der Waals surface area contributed by atoms with E-state index in [2.05, 4.69) is 11.9 Å². The number of aromatic nitrogens is 1. The molecule has 3 nitrogen and oxygen atoms in total. The predicted octanol–water partition coefficient (Wildman–Crippen LogP) is 3.93. The molecule has 1 heterocycles. The Kier molecular flexibility index (Phi) is 5.61. The zero-order valence-corrected chi connectivity index (χ0v) is 10.6. The van der Waals surface area contributed by atoms with Crippen LogP contribution in [0.2, 0.25) is 0 Å². The molecule has 0 aliphatic carbocycles. The normalized spacial score (nSPS) is 11.1. The maximum atomic E-state index is 12.5. The van der Waals surface area contributed by atoms with Gasteiger partial charge in [0.1, 0.15) is 17.3 Å². The molecule has 1 aromatic heterocycles. The van der Waals surface area contributed by atoms with Crippen molar-refractivity contribution < 1.29 is 17.9 Å². The van der Waals surface area contributed by atoms with Crippen LogP contribution in [0, 0.1) is 11.3 Å². The van der Waals surface area contributed by atoms with Gasteiger partial charge in [-0.1, -0.05) is 26.2 Å². The smallest absolute Gasteiger partial charge is 0.433 e. The van der Waals surface area contributed by atoms with Crippen molar-refractivity contribution in [1.82, 2.24) is 4.98 Å². The summed E-state index contributed by atoms with van der Waals surface area (Å²) in [4.78, 5) is 3.36. The molecule has 0 aliphatic rings. The van der Waals surface area contributed by atoms with E-state index in [0.29, 0.717) is 0 Å². The van der Waals surface area contributed by atoms with Gasteiger partial charge in [0.15, 0.2) is 0 Å². The molecule has 0 amide bonds. The molecule has 1 aromatic rings. The molecule has 1 rings (SSSR count). The molecule has 6 heteroatoms. The van der Waals surface area contributed by atoms with Gasteiger partial charge in [-0.25, -0.2) is 4.98 Å². The molecule has 0 spiro atoms. The number of nitrogens with zero attached hydrogens (tertiary/aromatic N) is 2. The monoisotopic (exact) mass is 272 g/mol. The highest BCUT2D eigenvalue weighted by Gasteiger charge is 2.33. The van der Waals surface area contributed by atoms with Crippen LogP contribution in [-0.4, -0.2) is 11.6 Å². The largest absolute Gasteiger partial charge is 0.477 e. The minimum Gasteiger partial charge on any atom is -0.477 e. The van der Waals surface area contributed by atoms with E-state index in [1.165, 1.54) is 0 Å². The number of pyridine rings is 1. The SMILES string of the molecule is CCCCCCOc1nc(C(F)(F)F)ccc1C#N. The van der Waals surface area contributed by atoms with Crippen LogP contribution in [-0.2, 0) is 6.18 Å². The van der Waals surface area contributed by atoms with Crippen LogP contribution in [0.4, 0.5) is 13.2 Å². The summed E-state index contributed by atoms with van der Waals surface area (Å²) in [6.07, 6.45) is -0.752. The van der Waals surface area contributed by atoms with E-state index in [1.54, 1.807) is 6.07 Å². The van der Waals surface area contributed by atoms with E-state index >= 15 is 0 Å². The standard InChI is InChI=1S/C13H15F3N2O/c1-2-3-4-5-8-19-12-10(9-17)6-7-11(18-12)13(14,15)16/h6-7H,2-5,8H2,1H3. The van der Waals surface area contributed by atoms with Crippen molar-refractivity contribution in [2.75, 3.05) is 6.61 Å². The fourth-order valence-electron chi connectivity index (χ4n) is 1.49. The summed E-state index contributed by atoms with van der Waals surface area (Å²) in [5.41, 5.74) is -1.03. The highest BCUT2D eigenvalue weighted by atomic mass is 19.4. The number of ether oxygens (including phenoxy) is 1. The third kappa shape index (κ3) is 4.78. The summed E-state index contributed by atoms with van der Waals surface area (Å²) in [6.45, 7) is 2.33. The first kappa shape index (κ1) is 15.3. The molecule has 0 saturated carbocycles. The molecule has 0 aliphatic heterocycles.